The Kier molecular flexibility index (Phi) is 2.28. The summed E-state index contributed by atoms with van der Waals surface area (Å²) in [5.74, 6) is 0.463. The molecule has 6 nitrogen and oxygen atoms in total. The molecule has 2 aromatic heterocycles. The molecule has 0 bridgehead atoms. The van der Waals surface area contributed by atoms with Crippen molar-refractivity contribution in [2.75, 3.05) is 0 Å². The van der Waals surface area contributed by atoms with Gasteiger partial charge in [-0.3, -0.25) is 10.7 Å². The predicted molar refractivity (Wildman–Crippen MR) is 50.4 cm³/mol. The molecule has 0 fully saturated rings. The van der Waals surface area contributed by atoms with Gasteiger partial charge in [0.15, 0.2) is 11.5 Å². The third kappa shape index (κ3) is 1.50. The van der Waals surface area contributed by atoms with E-state index >= 15 is 0 Å². The maximum Gasteiger partial charge on any atom is 0.166 e. The molecule has 70 valence electrons. The highest BCUT2D eigenvalue weighted by Crippen LogP contribution is 2.18. The second-order valence-corrected chi connectivity index (χ2v) is 2.46. The molecule has 14 heavy (non-hydrogen) atoms. The van der Waals surface area contributed by atoms with E-state index in [0.717, 1.165) is 11.7 Å². The van der Waals surface area contributed by atoms with Crippen molar-refractivity contribution in [2.24, 2.45) is 4.99 Å². The van der Waals surface area contributed by atoms with Crippen LogP contribution in [0.1, 0.15) is 0 Å². The van der Waals surface area contributed by atoms with Crippen molar-refractivity contribution in [2.45, 2.75) is 0 Å². The van der Waals surface area contributed by atoms with E-state index in [2.05, 4.69) is 19.9 Å². The maximum atomic E-state index is 8.34. The van der Waals surface area contributed by atoms with Crippen LogP contribution < -0.4 is 5.48 Å². The number of hydroxylamine groups is 1. The van der Waals surface area contributed by atoms with Gasteiger partial charge in [-0.1, -0.05) is 0 Å². The van der Waals surface area contributed by atoms with E-state index in [1.165, 1.54) is 6.33 Å². The molecule has 0 spiro atoms. The Bertz CT molecular complexity index is 465. The van der Waals surface area contributed by atoms with Gasteiger partial charge < -0.3 is 0 Å². The lowest BCUT2D eigenvalue weighted by molar-refractivity contribution is 0.240. The van der Waals surface area contributed by atoms with Crippen LogP contribution in [0.25, 0.3) is 11.0 Å². The Balaban J connectivity index is 2.59. The summed E-state index contributed by atoms with van der Waals surface area (Å²) >= 11 is 0. The SMILES string of the molecule is ONC=Nc1ncnc2ncccc12. The monoisotopic (exact) mass is 189 g/mol. The molecule has 6 heteroatoms. The van der Waals surface area contributed by atoms with Crippen LogP contribution in [0.5, 0.6) is 0 Å². The minimum atomic E-state index is 0.463. The average Bonchev–Trinajstić information content (AvgIpc) is 2.26. The molecule has 0 atom stereocenters. The lowest BCUT2D eigenvalue weighted by Crippen LogP contribution is -2.01. The molecule has 0 saturated carbocycles. The number of nitrogens with one attached hydrogen (secondary N) is 1. The van der Waals surface area contributed by atoms with Crippen molar-refractivity contribution in [3.8, 4) is 0 Å². The highest BCUT2D eigenvalue weighted by molar-refractivity contribution is 5.85. The highest BCUT2D eigenvalue weighted by Gasteiger charge is 2.00. The minimum absolute atomic E-state index is 0.463. The second-order valence-electron chi connectivity index (χ2n) is 2.46. The van der Waals surface area contributed by atoms with Crippen LogP contribution in [0.2, 0.25) is 0 Å². The number of pyridine rings is 1. The molecule has 0 radical (unpaired) electrons. The Hall–Kier alpha value is -2.08. The molecule has 0 saturated heterocycles. The number of aromatic nitrogens is 3. The van der Waals surface area contributed by atoms with Crippen molar-refractivity contribution in [1.82, 2.24) is 20.4 Å². The van der Waals surface area contributed by atoms with Crippen LogP contribution in [0.4, 0.5) is 5.82 Å². The van der Waals surface area contributed by atoms with Gasteiger partial charge in [0.25, 0.3) is 0 Å². The zero-order valence-electron chi connectivity index (χ0n) is 7.12. The smallest absolute Gasteiger partial charge is 0.166 e. The number of fused-ring (bicyclic) bond motifs is 1. The van der Waals surface area contributed by atoms with E-state index in [1.54, 1.807) is 12.3 Å². The third-order valence-corrected chi connectivity index (χ3v) is 1.63. The van der Waals surface area contributed by atoms with E-state index in [-0.39, 0.29) is 0 Å². The van der Waals surface area contributed by atoms with Crippen LogP contribution in [0.3, 0.4) is 0 Å². The fraction of sp³-hybridized carbons (Fsp3) is 0. The van der Waals surface area contributed by atoms with Crippen LogP contribution in [-0.2, 0) is 0 Å². The quantitative estimate of drug-likeness (QED) is 0.412. The van der Waals surface area contributed by atoms with Gasteiger partial charge >= 0.3 is 0 Å². The molecular formula is C8H7N5O. The molecule has 0 aliphatic rings. The topological polar surface area (TPSA) is 83.3 Å². The maximum absolute atomic E-state index is 8.34. The Labute approximate surface area is 79.3 Å². The molecule has 0 amide bonds. The second kappa shape index (κ2) is 3.75. The summed E-state index contributed by atoms with van der Waals surface area (Å²) in [7, 11) is 0. The standard InChI is InChI=1S/C8H7N5O/c14-13-5-12-8-6-2-1-3-9-7(6)10-4-11-8/h1-5,14H,(H,9,10,11,12,13). The molecule has 0 aliphatic heterocycles. The number of hydrogen-bond donors (Lipinski definition) is 2. The molecule has 0 aromatic carbocycles. The van der Waals surface area contributed by atoms with Gasteiger partial charge in [0.05, 0.1) is 5.39 Å². The minimum Gasteiger partial charge on any atom is -0.290 e. The summed E-state index contributed by atoms with van der Waals surface area (Å²) in [5, 5.41) is 9.08. The zero-order chi connectivity index (χ0) is 9.80. The number of rotatable bonds is 2. The fourth-order valence-electron chi connectivity index (χ4n) is 1.08. The van der Waals surface area contributed by atoms with Crippen LogP contribution in [0.15, 0.2) is 29.6 Å². The summed E-state index contributed by atoms with van der Waals surface area (Å²) < 4.78 is 0. The third-order valence-electron chi connectivity index (χ3n) is 1.63. The van der Waals surface area contributed by atoms with Crippen molar-refractivity contribution in [3.05, 3.63) is 24.7 Å². The van der Waals surface area contributed by atoms with Crippen LogP contribution in [-0.4, -0.2) is 26.5 Å². The van der Waals surface area contributed by atoms with Gasteiger partial charge in [0.1, 0.15) is 12.7 Å². The summed E-state index contributed by atoms with van der Waals surface area (Å²) in [6, 6.07) is 3.59. The van der Waals surface area contributed by atoms with E-state index in [0.29, 0.717) is 11.5 Å². The highest BCUT2D eigenvalue weighted by atomic mass is 16.5. The van der Waals surface area contributed by atoms with Gasteiger partial charge in [-0.2, -0.15) is 0 Å². The van der Waals surface area contributed by atoms with Crippen molar-refractivity contribution < 1.29 is 5.21 Å². The zero-order valence-corrected chi connectivity index (χ0v) is 7.12. The van der Waals surface area contributed by atoms with Crippen LogP contribution >= 0.6 is 0 Å². The Morgan fingerprint density at radius 2 is 2.29 bits per heavy atom. The Morgan fingerprint density at radius 1 is 1.36 bits per heavy atom. The number of nitrogens with zero attached hydrogens (tertiary/aromatic N) is 4. The van der Waals surface area contributed by atoms with Crippen molar-refractivity contribution >= 4 is 23.2 Å². The number of aliphatic imine (C=N–C) groups is 1. The summed E-state index contributed by atoms with van der Waals surface area (Å²) in [6.07, 6.45) is 4.15. The van der Waals surface area contributed by atoms with Crippen LogP contribution in [0, 0.1) is 0 Å². The summed E-state index contributed by atoms with van der Waals surface area (Å²) in [6.45, 7) is 0. The van der Waals surface area contributed by atoms with E-state index in [4.69, 9.17) is 5.21 Å². The molecule has 2 N–H and O–H groups in total. The molecule has 2 aromatic rings. The number of hydrogen-bond acceptors (Lipinski definition) is 5. The first-order chi connectivity index (χ1) is 6.92. The Morgan fingerprint density at radius 3 is 3.14 bits per heavy atom. The van der Waals surface area contributed by atoms with E-state index < -0.39 is 0 Å². The van der Waals surface area contributed by atoms with E-state index in [1.807, 2.05) is 11.5 Å². The van der Waals surface area contributed by atoms with Crippen molar-refractivity contribution in [3.63, 3.8) is 0 Å². The lowest BCUT2D eigenvalue weighted by Gasteiger charge is -1.97. The van der Waals surface area contributed by atoms with Crippen molar-refractivity contribution in [1.29, 1.82) is 0 Å². The molecule has 0 aliphatic carbocycles. The first-order valence-electron chi connectivity index (χ1n) is 3.89. The first-order valence-corrected chi connectivity index (χ1v) is 3.89. The van der Waals surface area contributed by atoms with Gasteiger partial charge in [-0.05, 0) is 12.1 Å². The molecule has 2 heterocycles. The first kappa shape index (κ1) is 8.52. The predicted octanol–water partition coefficient (Wildman–Crippen LogP) is 0.663. The van der Waals surface area contributed by atoms with Gasteiger partial charge in [-0.25, -0.2) is 19.9 Å². The molecule has 0 unspecified atom stereocenters. The van der Waals surface area contributed by atoms with Gasteiger partial charge in [0, 0.05) is 6.20 Å². The molecule has 2 rings (SSSR count). The normalized spacial score (nSPS) is 10.9. The van der Waals surface area contributed by atoms with Gasteiger partial charge in [0.2, 0.25) is 0 Å². The summed E-state index contributed by atoms with van der Waals surface area (Å²) in [5.41, 5.74) is 2.38. The lowest BCUT2D eigenvalue weighted by atomic mass is 10.3. The average molecular weight is 189 g/mol. The fourth-order valence-corrected chi connectivity index (χ4v) is 1.08. The largest absolute Gasteiger partial charge is 0.290 e. The van der Waals surface area contributed by atoms with E-state index in [9.17, 15) is 0 Å². The summed E-state index contributed by atoms with van der Waals surface area (Å²) in [4.78, 5) is 15.8. The van der Waals surface area contributed by atoms with Gasteiger partial charge in [-0.15, -0.1) is 0 Å². The molecular weight excluding hydrogens is 182 g/mol.